The second kappa shape index (κ2) is 5.35. The maximum atomic E-state index is 11.9. The lowest BCUT2D eigenvalue weighted by Crippen LogP contribution is -2.11. The van der Waals surface area contributed by atoms with Gasteiger partial charge in [-0.1, -0.05) is 23.2 Å². The number of hydrogen-bond acceptors (Lipinski definition) is 3. The predicted octanol–water partition coefficient (Wildman–Crippen LogP) is 4.46. The summed E-state index contributed by atoms with van der Waals surface area (Å²) in [6.07, 6.45) is 3.18. The number of halogens is 3. The van der Waals surface area contributed by atoms with Gasteiger partial charge in [-0.3, -0.25) is 9.78 Å². The SMILES string of the molecule is O=C(Nc1ccncc1Br)c1cc(Cl)sc1Cl. The van der Waals surface area contributed by atoms with E-state index in [1.54, 1.807) is 24.5 Å². The average Bonchev–Trinajstić information content (AvgIpc) is 2.61. The summed E-state index contributed by atoms with van der Waals surface area (Å²) in [4.78, 5) is 15.8. The molecule has 0 saturated carbocycles. The van der Waals surface area contributed by atoms with E-state index in [-0.39, 0.29) is 5.91 Å². The molecule has 1 N–H and O–H groups in total. The van der Waals surface area contributed by atoms with Crippen molar-refractivity contribution in [1.29, 1.82) is 0 Å². The van der Waals surface area contributed by atoms with E-state index >= 15 is 0 Å². The van der Waals surface area contributed by atoms with Gasteiger partial charge in [-0.15, -0.1) is 11.3 Å². The Morgan fingerprint density at radius 3 is 2.82 bits per heavy atom. The molecule has 2 heterocycles. The number of thiophene rings is 1. The maximum absolute atomic E-state index is 11.9. The number of nitrogens with zero attached hydrogens (tertiary/aromatic N) is 1. The Hall–Kier alpha value is -0.620. The van der Waals surface area contributed by atoms with Gasteiger partial charge in [0.15, 0.2) is 0 Å². The van der Waals surface area contributed by atoms with Crippen LogP contribution in [-0.4, -0.2) is 10.9 Å². The Balaban J connectivity index is 2.23. The Morgan fingerprint density at radius 2 is 2.24 bits per heavy atom. The van der Waals surface area contributed by atoms with Crippen LogP contribution >= 0.6 is 50.5 Å². The lowest BCUT2D eigenvalue weighted by atomic mass is 10.3. The van der Waals surface area contributed by atoms with E-state index in [0.717, 1.165) is 11.3 Å². The molecule has 0 fully saturated rings. The van der Waals surface area contributed by atoms with Gasteiger partial charge in [0.05, 0.1) is 20.1 Å². The average molecular weight is 352 g/mol. The van der Waals surface area contributed by atoms with Crippen molar-refractivity contribution in [2.75, 3.05) is 5.32 Å². The zero-order valence-corrected chi connectivity index (χ0v) is 12.1. The lowest BCUT2D eigenvalue weighted by Gasteiger charge is -2.05. The normalized spacial score (nSPS) is 10.3. The van der Waals surface area contributed by atoms with Gasteiger partial charge >= 0.3 is 0 Å². The van der Waals surface area contributed by atoms with Crippen LogP contribution < -0.4 is 5.32 Å². The second-order valence-corrected chi connectivity index (χ2v) is 6.19. The number of carbonyl (C=O) groups is 1. The minimum atomic E-state index is -0.301. The van der Waals surface area contributed by atoms with Crippen LogP contribution in [0.15, 0.2) is 29.0 Å². The number of amides is 1. The van der Waals surface area contributed by atoms with Crippen molar-refractivity contribution in [3.63, 3.8) is 0 Å². The van der Waals surface area contributed by atoms with Gasteiger partial charge in [0, 0.05) is 12.4 Å². The zero-order valence-electron chi connectivity index (χ0n) is 8.21. The molecular weight excluding hydrogens is 347 g/mol. The van der Waals surface area contributed by atoms with Gasteiger partial charge in [0.1, 0.15) is 4.34 Å². The molecule has 1 amide bonds. The number of anilines is 1. The molecule has 3 nitrogen and oxygen atoms in total. The largest absolute Gasteiger partial charge is 0.321 e. The van der Waals surface area contributed by atoms with Gasteiger partial charge in [0.2, 0.25) is 0 Å². The van der Waals surface area contributed by atoms with Crippen LogP contribution in [0.4, 0.5) is 5.69 Å². The molecule has 0 aliphatic rings. The number of hydrogen-bond donors (Lipinski definition) is 1. The molecule has 0 aliphatic heterocycles. The molecule has 0 atom stereocenters. The molecule has 0 spiro atoms. The highest BCUT2D eigenvalue weighted by atomic mass is 79.9. The fourth-order valence-corrected chi connectivity index (χ4v) is 2.97. The number of aromatic nitrogens is 1. The molecule has 0 aromatic carbocycles. The quantitative estimate of drug-likeness (QED) is 0.867. The van der Waals surface area contributed by atoms with Crippen molar-refractivity contribution in [3.8, 4) is 0 Å². The summed E-state index contributed by atoms with van der Waals surface area (Å²) in [6, 6.07) is 3.23. The highest BCUT2D eigenvalue weighted by molar-refractivity contribution is 9.10. The summed E-state index contributed by atoms with van der Waals surface area (Å²) in [7, 11) is 0. The van der Waals surface area contributed by atoms with Gasteiger partial charge in [-0.05, 0) is 28.1 Å². The summed E-state index contributed by atoms with van der Waals surface area (Å²) in [6.45, 7) is 0. The highest BCUT2D eigenvalue weighted by Gasteiger charge is 2.15. The van der Waals surface area contributed by atoms with E-state index in [4.69, 9.17) is 23.2 Å². The third-order valence-corrected chi connectivity index (χ3v) is 4.04. The van der Waals surface area contributed by atoms with Crippen molar-refractivity contribution in [3.05, 3.63) is 43.2 Å². The Bertz CT molecular complexity index is 573. The number of nitrogens with one attached hydrogen (secondary N) is 1. The Kier molecular flexibility index (Phi) is 4.04. The number of pyridine rings is 1. The van der Waals surface area contributed by atoms with Crippen LogP contribution in [0.2, 0.25) is 8.67 Å². The van der Waals surface area contributed by atoms with Crippen molar-refractivity contribution < 1.29 is 4.79 Å². The molecule has 88 valence electrons. The van der Waals surface area contributed by atoms with E-state index in [1.807, 2.05) is 0 Å². The zero-order chi connectivity index (χ0) is 12.4. The minimum Gasteiger partial charge on any atom is -0.321 e. The third kappa shape index (κ3) is 2.98. The first kappa shape index (κ1) is 12.8. The molecule has 0 radical (unpaired) electrons. The van der Waals surface area contributed by atoms with E-state index in [9.17, 15) is 4.79 Å². The highest BCUT2D eigenvalue weighted by Crippen LogP contribution is 2.32. The first-order valence-electron chi connectivity index (χ1n) is 4.43. The molecule has 0 aliphatic carbocycles. The van der Waals surface area contributed by atoms with Crippen LogP contribution in [0.1, 0.15) is 10.4 Å². The van der Waals surface area contributed by atoms with Gasteiger partial charge in [-0.2, -0.15) is 0 Å². The minimum absolute atomic E-state index is 0.301. The second-order valence-electron chi connectivity index (χ2n) is 3.05. The molecule has 2 aromatic rings. The molecule has 2 rings (SSSR count). The van der Waals surface area contributed by atoms with Crippen LogP contribution in [0.25, 0.3) is 0 Å². The van der Waals surface area contributed by atoms with Crippen molar-refractivity contribution in [2.24, 2.45) is 0 Å². The van der Waals surface area contributed by atoms with Crippen LogP contribution in [0.5, 0.6) is 0 Å². The lowest BCUT2D eigenvalue weighted by molar-refractivity contribution is 0.102. The number of rotatable bonds is 2. The maximum Gasteiger partial charge on any atom is 0.258 e. The molecule has 7 heteroatoms. The van der Waals surface area contributed by atoms with E-state index in [0.29, 0.717) is 24.4 Å². The van der Waals surface area contributed by atoms with Crippen molar-refractivity contribution >= 4 is 62.1 Å². The van der Waals surface area contributed by atoms with Gasteiger partial charge in [0.25, 0.3) is 5.91 Å². The van der Waals surface area contributed by atoms with Crippen molar-refractivity contribution in [2.45, 2.75) is 0 Å². The predicted molar refractivity (Wildman–Crippen MR) is 74.2 cm³/mol. The fourth-order valence-electron chi connectivity index (χ4n) is 1.16. The monoisotopic (exact) mass is 350 g/mol. The van der Waals surface area contributed by atoms with Crippen LogP contribution in [0, 0.1) is 0 Å². The summed E-state index contributed by atoms with van der Waals surface area (Å²) < 4.78 is 1.55. The molecule has 0 unspecified atom stereocenters. The number of carbonyl (C=O) groups excluding carboxylic acids is 1. The van der Waals surface area contributed by atoms with Crippen LogP contribution in [-0.2, 0) is 0 Å². The van der Waals surface area contributed by atoms with Gasteiger partial charge in [-0.25, -0.2) is 0 Å². The van der Waals surface area contributed by atoms with E-state index in [2.05, 4.69) is 26.2 Å². The summed E-state index contributed by atoms with van der Waals surface area (Å²) in [5, 5.41) is 2.72. The van der Waals surface area contributed by atoms with E-state index in [1.165, 1.54) is 0 Å². The smallest absolute Gasteiger partial charge is 0.258 e. The standard InChI is InChI=1S/C10H5BrCl2N2OS/c11-6-4-14-2-1-7(6)15-10(16)5-3-8(12)17-9(5)13/h1-4H,(H,14,15,16). The van der Waals surface area contributed by atoms with Gasteiger partial charge < -0.3 is 5.32 Å². The molecular formula is C10H5BrCl2N2OS. The van der Waals surface area contributed by atoms with Crippen LogP contribution in [0.3, 0.4) is 0 Å². The summed E-state index contributed by atoms with van der Waals surface area (Å²) in [5.74, 6) is -0.301. The molecule has 0 saturated heterocycles. The summed E-state index contributed by atoms with van der Waals surface area (Å²) >= 11 is 16.1. The van der Waals surface area contributed by atoms with E-state index < -0.39 is 0 Å². The first-order valence-corrected chi connectivity index (χ1v) is 6.80. The fraction of sp³-hybridized carbons (Fsp3) is 0. The Labute approximate surface area is 120 Å². The topological polar surface area (TPSA) is 42.0 Å². The molecule has 17 heavy (non-hydrogen) atoms. The van der Waals surface area contributed by atoms with Crippen molar-refractivity contribution in [1.82, 2.24) is 4.98 Å². The molecule has 2 aromatic heterocycles. The first-order chi connectivity index (χ1) is 8.08. The molecule has 0 bridgehead atoms. The Morgan fingerprint density at radius 1 is 1.47 bits per heavy atom. The summed E-state index contributed by atoms with van der Waals surface area (Å²) in [5.41, 5.74) is 0.994. The third-order valence-electron chi connectivity index (χ3n) is 1.92.